The number of aliphatic hydroxyl groups excluding tert-OH is 2. The van der Waals surface area contributed by atoms with Crippen molar-refractivity contribution in [2.24, 2.45) is 5.41 Å². The number of nitrogens with zero attached hydrogens (tertiary/aromatic N) is 1. The smallest absolute Gasteiger partial charge is 0.193 e. The number of rotatable bonds is 15. The number of aliphatic hydroxyl groups is 3. The zero-order valence-electron chi connectivity index (χ0n) is 33.5. The van der Waals surface area contributed by atoms with Gasteiger partial charge in [0.15, 0.2) is 5.78 Å². The third kappa shape index (κ3) is 10.3. The van der Waals surface area contributed by atoms with Crippen LogP contribution in [-0.4, -0.2) is 83.8 Å². The second-order valence-electron chi connectivity index (χ2n) is 16.5. The number of benzene rings is 4. The molecule has 2 bridgehead atoms. The molecule has 5 unspecified atom stereocenters. The van der Waals surface area contributed by atoms with Crippen LogP contribution in [0.4, 0.5) is 0 Å². The van der Waals surface area contributed by atoms with Crippen LogP contribution in [-0.2, 0) is 22.5 Å². The molecule has 4 aromatic rings. The molecule has 4 aromatic carbocycles. The van der Waals surface area contributed by atoms with Gasteiger partial charge in [0.2, 0.25) is 0 Å². The summed E-state index contributed by atoms with van der Waals surface area (Å²) in [5.74, 6) is -0.137. The third-order valence-electron chi connectivity index (χ3n) is 12.4. The molecule has 0 spiro atoms. The van der Waals surface area contributed by atoms with Gasteiger partial charge in [0.25, 0.3) is 0 Å². The van der Waals surface area contributed by atoms with E-state index in [1.165, 1.54) is 5.57 Å². The average molecular weight is 760 g/mol. The van der Waals surface area contributed by atoms with Crippen molar-refractivity contribution in [3.05, 3.63) is 143 Å². The fourth-order valence-electron chi connectivity index (χ4n) is 9.07. The molecule has 0 aromatic heterocycles. The summed E-state index contributed by atoms with van der Waals surface area (Å²) < 4.78 is 11.3. The number of hydrogen-bond acceptors (Lipinski definition) is 7. The number of fused-ring (bicyclic) bond motifs is 8. The molecule has 1 fully saturated rings. The predicted molar refractivity (Wildman–Crippen MR) is 224 cm³/mol. The van der Waals surface area contributed by atoms with E-state index in [9.17, 15) is 20.1 Å². The molecule has 7 rings (SSSR count). The van der Waals surface area contributed by atoms with E-state index in [-0.39, 0.29) is 18.3 Å². The predicted octanol–water partition coefficient (Wildman–Crippen LogP) is 8.54. The van der Waals surface area contributed by atoms with Gasteiger partial charge in [-0.05, 0) is 98.1 Å². The Morgan fingerprint density at radius 1 is 0.929 bits per heavy atom. The van der Waals surface area contributed by atoms with E-state index >= 15 is 0 Å². The molecule has 0 aliphatic heterocycles. The Hall–Kier alpha value is -3.95. The van der Waals surface area contributed by atoms with Crippen molar-refractivity contribution >= 4 is 5.78 Å². The van der Waals surface area contributed by atoms with Crippen LogP contribution < -0.4 is 0 Å². The lowest BCUT2D eigenvalue weighted by molar-refractivity contribution is -0.0913. The maximum absolute atomic E-state index is 14.6. The van der Waals surface area contributed by atoms with Gasteiger partial charge >= 0.3 is 0 Å². The number of methoxy groups -OCH3 is 1. The lowest BCUT2D eigenvalue weighted by atomic mass is 9.64. The van der Waals surface area contributed by atoms with Crippen molar-refractivity contribution in [2.75, 3.05) is 40.0 Å². The first-order chi connectivity index (χ1) is 27.1. The van der Waals surface area contributed by atoms with E-state index in [0.29, 0.717) is 63.2 Å². The molecule has 0 heterocycles. The molecule has 0 saturated heterocycles. The summed E-state index contributed by atoms with van der Waals surface area (Å²) in [5.41, 5.74) is 5.92. The zero-order valence-corrected chi connectivity index (χ0v) is 33.5. The van der Waals surface area contributed by atoms with E-state index in [2.05, 4.69) is 49.1 Å². The molecule has 7 heteroatoms. The average Bonchev–Trinajstić information content (AvgIpc) is 3.45. The number of ketones is 1. The van der Waals surface area contributed by atoms with Crippen LogP contribution in [0.3, 0.4) is 0 Å². The molecule has 0 amide bonds. The molecule has 1 saturated carbocycles. The monoisotopic (exact) mass is 759 g/mol. The molecule has 0 radical (unpaired) electrons. The Kier molecular flexibility index (Phi) is 14.5. The van der Waals surface area contributed by atoms with Gasteiger partial charge < -0.3 is 24.8 Å². The first-order valence-electron chi connectivity index (χ1n) is 20.5. The molecule has 3 aliphatic rings. The largest absolute Gasteiger partial charge is 0.393 e. The van der Waals surface area contributed by atoms with Crippen LogP contribution >= 0.6 is 0 Å². The Morgan fingerprint density at radius 2 is 1.64 bits per heavy atom. The Morgan fingerprint density at radius 3 is 2.38 bits per heavy atom. The van der Waals surface area contributed by atoms with Gasteiger partial charge in [-0.25, -0.2) is 0 Å². The number of allylic oxidation sites excluding steroid dienone is 2. The van der Waals surface area contributed by atoms with Crippen LogP contribution in [0.2, 0.25) is 0 Å². The maximum atomic E-state index is 14.6. The molecular weight excluding hydrogens is 699 g/mol. The summed E-state index contributed by atoms with van der Waals surface area (Å²) in [4.78, 5) is 16.8. The van der Waals surface area contributed by atoms with Crippen LogP contribution in [0.5, 0.6) is 0 Å². The minimum absolute atomic E-state index is 0.0450. The zero-order chi connectivity index (χ0) is 39.5. The van der Waals surface area contributed by atoms with E-state index in [1.54, 1.807) is 7.11 Å². The highest BCUT2D eigenvalue weighted by molar-refractivity contribution is 6.10. The van der Waals surface area contributed by atoms with Gasteiger partial charge in [0.05, 0.1) is 31.0 Å². The summed E-state index contributed by atoms with van der Waals surface area (Å²) in [7, 11) is 1.69. The van der Waals surface area contributed by atoms with Crippen LogP contribution in [0, 0.1) is 5.41 Å². The van der Waals surface area contributed by atoms with Crippen molar-refractivity contribution in [1.29, 1.82) is 0 Å². The summed E-state index contributed by atoms with van der Waals surface area (Å²) >= 11 is 0. The second kappa shape index (κ2) is 19.5. The topological polar surface area (TPSA) is 99.5 Å². The Bertz CT molecular complexity index is 1880. The van der Waals surface area contributed by atoms with Crippen molar-refractivity contribution < 1.29 is 29.6 Å². The van der Waals surface area contributed by atoms with Gasteiger partial charge in [-0.2, -0.15) is 0 Å². The van der Waals surface area contributed by atoms with Gasteiger partial charge in [-0.1, -0.05) is 116 Å². The quantitative estimate of drug-likeness (QED) is 0.0635. The molecular formula is C49H61NO6. The van der Waals surface area contributed by atoms with E-state index < -0.39 is 23.2 Å². The molecule has 3 N–H and O–H groups in total. The lowest BCUT2D eigenvalue weighted by Gasteiger charge is -2.46. The highest BCUT2D eigenvalue weighted by atomic mass is 16.5. The standard InChI is InChI=1S/C49H61NO6/c1-36-12-10-26-48(2)46(25-27-49(48,54)35-50(28-11-29-55-3)32-43(52)34-56-33-37-13-6-4-7-14-37)44-24-18-38(30-42(51)23-17-36)31-45(44)47(53)41-21-19-40(20-22-41)39-15-8-5-9-16-39/h4-9,12-16,18-22,24,31,42-43,46,51-52,54H,10-11,17,23,25-30,32-35H2,1-3H3. The van der Waals surface area contributed by atoms with Crippen LogP contribution in [0.1, 0.15) is 97.3 Å². The van der Waals surface area contributed by atoms with Crippen molar-refractivity contribution in [1.82, 2.24) is 4.90 Å². The summed E-state index contributed by atoms with van der Waals surface area (Å²) in [6, 6.07) is 34.1. The fourth-order valence-corrected chi connectivity index (χ4v) is 9.07. The summed E-state index contributed by atoms with van der Waals surface area (Å²) in [6.45, 7) is 6.95. The van der Waals surface area contributed by atoms with Gasteiger partial charge in [0, 0.05) is 49.9 Å². The second-order valence-corrected chi connectivity index (χ2v) is 16.5. The van der Waals surface area contributed by atoms with Crippen molar-refractivity contribution in [3.8, 4) is 11.1 Å². The summed E-state index contributed by atoms with van der Waals surface area (Å²) in [5, 5.41) is 35.3. The van der Waals surface area contributed by atoms with Gasteiger partial charge in [0.1, 0.15) is 0 Å². The molecule has 3 aliphatic carbocycles. The van der Waals surface area contributed by atoms with Crippen LogP contribution in [0.25, 0.3) is 11.1 Å². The molecule has 56 heavy (non-hydrogen) atoms. The normalized spacial score (nSPS) is 23.4. The molecule has 298 valence electrons. The van der Waals surface area contributed by atoms with Gasteiger partial charge in [-0.3, -0.25) is 9.69 Å². The lowest BCUT2D eigenvalue weighted by Crippen LogP contribution is -2.54. The molecule has 5 atom stereocenters. The number of hydrogen-bond donors (Lipinski definition) is 3. The maximum Gasteiger partial charge on any atom is 0.193 e. The highest BCUT2D eigenvalue weighted by Gasteiger charge is 2.57. The first kappa shape index (κ1) is 41.7. The van der Waals surface area contributed by atoms with E-state index in [0.717, 1.165) is 59.9 Å². The minimum Gasteiger partial charge on any atom is -0.393 e. The molecule has 7 nitrogen and oxygen atoms in total. The number of carbonyl (C=O) groups is 1. The van der Waals surface area contributed by atoms with Gasteiger partial charge in [-0.15, -0.1) is 0 Å². The van der Waals surface area contributed by atoms with E-state index in [1.807, 2.05) is 78.9 Å². The number of ether oxygens (including phenoxy) is 2. The van der Waals surface area contributed by atoms with E-state index in [4.69, 9.17) is 9.47 Å². The third-order valence-corrected chi connectivity index (χ3v) is 12.4. The highest BCUT2D eigenvalue weighted by Crippen LogP contribution is 2.59. The fraction of sp³-hybridized carbons (Fsp3) is 0.449. The first-order valence-corrected chi connectivity index (χ1v) is 20.5. The SMILES string of the molecule is COCCCN(CC(O)COCc1ccccc1)CC1(O)CCC2c3ccc(cc3C(=O)c3ccc(-c4ccccc4)cc3)CC(O)CCC(C)=CCCC21C. The van der Waals surface area contributed by atoms with Crippen molar-refractivity contribution in [3.63, 3.8) is 0 Å². The van der Waals surface area contributed by atoms with Crippen LogP contribution in [0.15, 0.2) is 115 Å². The Balaban J connectivity index is 1.31. The minimum atomic E-state index is -1.10. The van der Waals surface area contributed by atoms with Crippen molar-refractivity contribution in [2.45, 2.75) is 95.5 Å². The Labute approximate surface area is 334 Å². The summed E-state index contributed by atoms with van der Waals surface area (Å²) in [6.07, 6.45) is 6.50. The number of carbonyl (C=O) groups excluding carboxylic acids is 1.